The number of nitrogens with one attached hydrogen (secondary N) is 1. The molecule has 5 rings (SSSR count). The molecule has 0 bridgehead atoms. The Morgan fingerprint density at radius 2 is 1.56 bits per heavy atom. The van der Waals surface area contributed by atoms with Gasteiger partial charge in [0.25, 0.3) is 0 Å². The number of benzene rings is 3. The zero-order valence-electron chi connectivity index (χ0n) is 19.8. The molecule has 1 aromatic heterocycles. The lowest BCUT2D eigenvalue weighted by Crippen LogP contribution is -2.43. The van der Waals surface area contributed by atoms with Gasteiger partial charge in [-0.1, -0.05) is 60.7 Å². The second kappa shape index (κ2) is 10.00. The molecule has 36 heavy (non-hydrogen) atoms. The topological polar surface area (TPSA) is 89.8 Å². The number of ether oxygens (including phenoxy) is 2. The number of para-hydroxylation sites is 2. The number of amides is 1. The molecule has 0 radical (unpaired) electrons. The van der Waals surface area contributed by atoms with Crippen molar-refractivity contribution in [1.82, 2.24) is 9.88 Å². The fourth-order valence-corrected chi connectivity index (χ4v) is 4.84. The zero-order chi connectivity index (χ0) is 25.1. The van der Waals surface area contributed by atoms with Crippen molar-refractivity contribution in [2.75, 3.05) is 13.7 Å². The quantitative estimate of drug-likeness (QED) is 0.368. The molecule has 2 N–H and O–H groups in total. The molecule has 1 aliphatic rings. The number of carboxylic acid groups (broad SMARTS) is 1. The number of fused-ring (bicyclic) bond motifs is 3. The number of aliphatic carboxylic acids is 1. The maximum absolute atomic E-state index is 12.7. The highest BCUT2D eigenvalue weighted by atomic mass is 16.5. The van der Waals surface area contributed by atoms with Crippen LogP contribution < -0.4 is 10.1 Å². The van der Waals surface area contributed by atoms with Gasteiger partial charge in [-0.25, -0.2) is 9.59 Å². The van der Waals surface area contributed by atoms with Crippen LogP contribution in [0.2, 0.25) is 0 Å². The molecule has 1 heterocycles. The monoisotopic (exact) mass is 482 g/mol. The Balaban J connectivity index is 1.29. The van der Waals surface area contributed by atoms with E-state index in [1.165, 1.54) is 0 Å². The van der Waals surface area contributed by atoms with E-state index in [0.717, 1.165) is 27.9 Å². The third kappa shape index (κ3) is 4.43. The summed E-state index contributed by atoms with van der Waals surface area (Å²) >= 11 is 0. The van der Waals surface area contributed by atoms with Gasteiger partial charge in [0.15, 0.2) is 0 Å². The largest absolute Gasteiger partial charge is 0.495 e. The minimum absolute atomic E-state index is 0.0740. The standard InChI is InChI=1S/C29H26N2O5/c1-35-27-15-7-6-14-26(27)31-16-8-9-19(31)17-25(28(32)33)30-29(34)36-18-24-22-12-4-2-10-20(22)21-11-3-5-13-23(21)24/h2-16,24-25H,17-18H2,1H3,(H,30,34)(H,32,33). The van der Waals surface area contributed by atoms with Crippen LogP contribution >= 0.6 is 0 Å². The normalized spacial score (nSPS) is 12.9. The van der Waals surface area contributed by atoms with Crippen molar-refractivity contribution in [2.24, 2.45) is 0 Å². The Bertz CT molecular complexity index is 1360. The second-order valence-electron chi connectivity index (χ2n) is 8.61. The molecule has 4 aromatic rings. The fourth-order valence-electron chi connectivity index (χ4n) is 4.84. The summed E-state index contributed by atoms with van der Waals surface area (Å²) in [6, 6.07) is 26.1. The molecule has 1 amide bonds. The minimum atomic E-state index is -1.16. The van der Waals surface area contributed by atoms with Gasteiger partial charge in [-0.15, -0.1) is 0 Å². The number of rotatable bonds is 8. The maximum Gasteiger partial charge on any atom is 0.407 e. The van der Waals surface area contributed by atoms with Crippen molar-refractivity contribution in [3.05, 3.63) is 108 Å². The number of hydrogen-bond donors (Lipinski definition) is 2. The predicted octanol–water partition coefficient (Wildman–Crippen LogP) is 5.02. The molecular weight excluding hydrogens is 456 g/mol. The van der Waals surface area contributed by atoms with Crippen molar-refractivity contribution in [3.8, 4) is 22.6 Å². The van der Waals surface area contributed by atoms with Crippen LogP contribution in [0.5, 0.6) is 5.75 Å². The molecule has 1 atom stereocenters. The van der Waals surface area contributed by atoms with E-state index in [2.05, 4.69) is 17.4 Å². The molecule has 7 nitrogen and oxygen atoms in total. The number of alkyl carbamates (subject to hydrolysis) is 1. The summed E-state index contributed by atoms with van der Waals surface area (Å²) in [7, 11) is 1.58. The molecular formula is C29H26N2O5. The predicted molar refractivity (Wildman–Crippen MR) is 136 cm³/mol. The van der Waals surface area contributed by atoms with Gasteiger partial charge in [0, 0.05) is 24.2 Å². The SMILES string of the molecule is COc1ccccc1-n1cccc1CC(NC(=O)OCC1c2ccccc2-c2ccccc21)C(=O)O. The van der Waals surface area contributed by atoms with Crippen LogP contribution in [0.25, 0.3) is 16.8 Å². The summed E-state index contributed by atoms with van der Waals surface area (Å²) in [6.07, 6.45) is 1.14. The van der Waals surface area contributed by atoms with E-state index in [-0.39, 0.29) is 18.9 Å². The number of aromatic nitrogens is 1. The Morgan fingerprint density at radius 1 is 0.917 bits per heavy atom. The van der Waals surface area contributed by atoms with Crippen molar-refractivity contribution in [2.45, 2.75) is 18.4 Å². The van der Waals surface area contributed by atoms with Crippen LogP contribution in [0.15, 0.2) is 91.1 Å². The van der Waals surface area contributed by atoms with E-state index in [4.69, 9.17) is 9.47 Å². The lowest BCUT2D eigenvalue weighted by molar-refractivity contribution is -0.139. The zero-order valence-corrected chi connectivity index (χ0v) is 19.8. The first-order valence-electron chi connectivity index (χ1n) is 11.7. The van der Waals surface area contributed by atoms with Gasteiger partial charge in [0.1, 0.15) is 18.4 Å². The number of hydrogen-bond acceptors (Lipinski definition) is 4. The van der Waals surface area contributed by atoms with Crippen LogP contribution in [0, 0.1) is 0 Å². The molecule has 182 valence electrons. The highest BCUT2D eigenvalue weighted by Crippen LogP contribution is 2.44. The van der Waals surface area contributed by atoms with Gasteiger partial charge in [-0.3, -0.25) is 0 Å². The summed E-state index contributed by atoms with van der Waals surface area (Å²) in [6.45, 7) is 0.115. The molecule has 0 saturated heterocycles. The van der Waals surface area contributed by atoms with E-state index in [0.29, 0.717) is 11.4 Å². The number of nitrogens with zero attached hydrogens (tertiary/aromatic N) is 1. The Morgan fingerprint density at radius 3 is 2.22 bits per heavy atom. The molecule has 0 saturated carbocycles. The number of carbonyl (C=O) groups is 2. The van der Waals surface area contributed by atoms with E-state index in [1.54, 1.807) is 7.11 Å². The third-order valence-corrected chi connectivity index (χ3v) is 6.53. The van der Waals surface area contributed by atoms with Gasteiger partial charge in [-0.2, -0.15) is 0 Å². The fraction of sp³-hybridized carbons (Fsp3) is 0.172. The van der Waals surface area contributed by atoms with Gasteiger partial charge in [0.2, 0.25) is 0 Å². The van der Waals surface area contributed by atoms with Crippen molar-refractivity contribution in [1.29, 1.82) is 0 Å². The van der Waals surface area contributed by atoms with E-state index in [1.807, 2.05) is 83.6 Å². The first-order valence-corrected chi connectivity index (χ1v) is 11.7. The summed E-state index contributed by atoms with van der Waals surface area (Å²) in [5.74, 6) is -0.586. The van der Waals surface area contributed by atoms with Crippen LogP contribution in [-0.4, -0.2) is 41.5 Å². The first kappa shape index (κ1) is 23.2. The summed E-state index contributed by atoms with van der Waals surface area (Å²) in [4.78, 5) is 24.7. The smallest absolute Gasteiger partial charge is 0.407 e. The second-order valence-corrected chi connectivity index (χ2v) is 8.61. The summed E-state index contributed by atoms with van der Waals surface area (Å²) in [5, 5.41) is 12.3. The van der Waals surface area contributed by atoms with Crippen LogP contribution in [0.1, 0.15) is 22.7 Å². The average molecular weight is 483 g/mol. The average Bonchev–Trinajstić information content (AvgIpc) is 3.49. The third-order valence-electron chi connectivity index (χ3n) is 6.53. The Hall–Kier alpha value is -4.52. The van der Waals surface area contributed by atoms with Gasteiger partial charge >= 0.3 is 12.1 Å². The van der Waals surface area contributed by atoms with Gasteiger partial charge in [-0.05, 0) is 46.5 Å². The summed E-state index contributed by atoms with van der Waals surface area (Å²) in [5.41, 5.74) is 5.94. The van der Waals surface area contributed by atoms with Crippen LogP contribution in [0.3, 0.4) is 0 Å². The van der Waals surface area contributed by atoms with Gasteiger partial charge < -0.3 is 24.5 Å². The first-order chi connectivity index (χ1) is 17.6. The highest BCUT2D eigenvalue weighted by Gasteiger charge is 2.30. The van der Waals surface area contributed by atoms with Gasteiger partial charge in [0.05, 0.1) is 12.8 Å². The van der Waals surface area contributed by atoms with Crippen molar-refractivity contribution in [3.63, 3.8) is 0 Å². The summed E-state index contributed by atoms with van der Waals surface area (Å²) < 4.78 is 12.9. The molecule has 1 aliphatic carbocycles. The Labute approximate surface area is 208 Å². The lowest BCUT2D eigenvalue weighted by Gasteiger charge is -2.19. The highest BCUT2D eigenvalue weighted by molar-refractivity contribution is 5.81. The molecule has 0 spiro atoms. The molecule has 3 aromatic carbocycles. The lowest BCUT2D eigenvalue weighted by atomic mass is 9.98. The van der Waals surface area contributed by atoms with Crippen LogP contribution in [0.4, 0.5) is 4.79 Å². The number of carboxylic acids is 1. The molecule has 7 heteroatoms. The van der Waals surface area contributed by atoms with Crippen molar-refractivity contribution >= 4 is 12.1 Å². The Kier molecular flexibility index (Phi) is 6.45. The van der Waals surface area contributed by atoms with E-state index >= 15 is 0 Å². The molecule has 1 unspecified atom stereocenters. The maximum atomic E-state index is 12.7. The van der Waals surface area contributed by atoms with Crippen LogP contribution in [-0.2, 0) is 16.0 Å². The molecule has 0 aliphatic heterocycles. The molecule has 0 fully saturated rings. The minimum Gasteiger partial charge on any atom is -0.495 e. The van der Waals surface area contributed by atoms with E-state index < -0.39 is 18.1 Å². The number of methoxy groups -OCH3 is 1. The van der Waals surface area contributed by atoms with E-state index in [9.17, 15) is 14.7 Å². The van der Waals surface area contributed by atoms with Crippen molar-refractivity contribution < 1.29 is 24.2 Å². The number of carbonyl (C=O) groups excluding carboxylic acids is 1.